The highest BCUT2D eigenvalue weighted by atomic mass is 15.2. The molecule has 3 saturated heterocycles. The Morgan fingerprint density at radius 1 is 1.29 bits per heavy atom. The van der Waals surface area contributed by atoms with E-state index in [1.54, 1.807) is 0 Å². The van der Waals surface area contributed by atoms with Crippen molar-refractivity contribution in [1.29, 1.82) is 0 Å². The number of fused-ring (bicyclic) bond motifs is 3. The van der Waals surface area contributed by atoms with Crippen molar-refractivity contribution in [2.75, 3.05) is 19.6 Å². The van der Waals surface area contributed by atoms with Crippen LogP contribution >= 0.6 is 0 Å². The van der Waals surface area contributed by atoms with Gasteiger partial charge >= 0.3 is 0 Å². The maximum atomic E-state index is 8.74. The van der Waals surface area contributed by atoms with Crippen LogP contribution in [0.2, 0.25) is 0 Å². The minimum atomic E-state index is -0.453. The first-order valence-electron chi connectivity index (χ1n) is 7.22. The molecule has 2 heteroatoms. The third-order valence-corrected chi connectivity index (χ3v) is 4.18. The molecule has 1 N–H and O–H groups in total. The van der Waals surface area contributed by atoms with Gasteiger partial charge in [0.2, 0.25) is 0 Å². The topological polar surface area (TPSA) is 15.3 Å². The van der Waals surface area contributed by atoms with Gasteiger partial charge in [0.15, 0.2) is 0 Å². The molecule has 0 spiro atoms. The summed E-state index contributed by atoms with van der Waals surface area (Å²) in [6, 6.07) is 10.3. The van der Waals surface area contributed by atoms with E-state index in [4.69, 9.17) is 1.37 Å². The SMILES string of the molecule is [2H][C@@]1(N[C@H](C)c2ccccc2)CN2CCC1CC2. The first-order chi connectivity index (χ1) is 8.67. The monoisotopic (exact) mass is 231 g/mol. The van der Waals surface area contributed by atoms with Crippen LogP contribution in [-0.4, -0.2) is 30.6 Å². The van der Waals surface area contributed by atoms with Crippen molar-refractivity contribution in [2.45, 2.75) is 31.8 Å². The highest BCUT2D eigenvalue weighted by Crippen LogP contribution is 2.29. The molecule has 1 aromatic carbocycles. The molecule has 3 aliphatic heterocycles. The van der Waals surface area contributed by atoms with Crippen molar-refractivity contribution in [3.8, 4) is 0 Å². The quantitative estimate of drug-likeness (QED) is 0.859. The second kappa shape index (κ2) is 4.79. The fourth-order valence-corrected chi connectivity index (χ4v) is 3.08. The van der Waals surface area contributed by atoms with Gasteiger partial charge in [-0.15, -0.1) is 0 Å². The van der Waals surface area contributed by atoms with Gasteiger partial charge in [-0.25, -0.2) is 0 Å². The number of benzene rings is 1. The minimum absolute atomic E-state index is 0.254. The van der Waals surface area contributed by atoms with Crippen LogP contribution in [0.15, 0.2) is 30.3 Å². The summed E-state index contributed by atoms with van der Waals surface area (Å²) in [6.07, 6.45) is 2.36. The van der Waals surface area contributed by atoms with Gasteiger partial charge in [0.1, 0.15) is 0 Å². The van der Waals surface area contributed by atoms with E-state index in [0.29, 0.717) is 5.92 Å². The lowest BCUT2D eigenvalue weighted by molar-refractivity contribution is 0.0680. The van der Waals surface area contributed by atoms with Crippen LogP contribution in [0.25, 0.3) is 0 Å². The molecule has 2 bridgehead atoms. The molecule has 0 radical (unpaired) electrons. The molecule has 3 heterocycles. The van der Waals surface area contributed by atoms with Gasteiger partial charge in [-0.1, -0.05) is 30.3 Å². The number of rotatable bonds is 3. The lowest BCUT2D eigenvalue weighted by Gasteiger charge is -2.46. The second-order valence-electron chi connectivity index (χ2n) is 5.35. The summed E-state index contributed by atoms with van der Waals surface area (Å²) in [5, 5.41) is 3.57. The molecule has 3 aliphatic rings. The van der Waals surface area contributed by atoms with E-state index in [2.05, 4.69) is 41.4 Å². The summed E-state index contributed by atoms with van der Waals surface area (Å²) < 4.78 is 8.74. The number of hydrogen-bond acceptors (Lipinski definition) is 2. The molecule has 3 fully saturated rings. The Kier molecular flexibility index (Phi) is 2.85. The molecule has 4 rings (SSSR count). The summed E-state index contributed by atoms with van der Waals surface area (Å²) in [7, 11) is 0. The minimum Gasteiger partial charge on any atom is -0.306 e. The summed E-state index contributed by atoms with van der Waals surface area (Å²) in [5.41, 5.74) is 1.28. The van der Waals surface area contributed by atoms with Crippen LogP contribution < -0.4 is 5.32 Å². The predicted octanol–water partition coefficient (Wildman–Crippen LogP) is 2.43. The molecule has 0 aliphatic carbocycles. The van der Waals surface area contributed by atoms with Gasteiger partial charge in [-0.3, -0.25) is 0 Å². The van der Waals surface area contributed by atoms with Crippen LogP contribution in [0.3, 0.4) is 0 Å². The van der Waals surface area contributed by atoms with Crippen molar-refractivity contribution in [1.82, 2.24) is 10.2 Å². The van der Waals surface area contributed by atoms with E-state index < -0.39 is 6.02 Å². The summed E-state index contributed by atoms with van der Waals surface area (Å²) >= 11 is 0. The zero-order valence-corrected chi connectivity index (χ0v) is 10.5. The van der Waals surface area contributed by atoms with E-state index in [9.17, 15) is 0 Å². The van der Waals surface area contributed by atoms with Crippen molar-refractivity contribution in [3.05, 3.63) is 35.9 Å². The zero-order valence-electron chi connectivity index (χ0n) is 11.5. The van der Waals surface area contributed by atoms with Crippen molar-refractivity contribution < 1.29 is 1.37 Å². The maximum Gasteiger partial charge on any atom is 0.0481 e. The van der Waals surface area contributed by atoms with E-state index >= 15 is 0 Å². The summed E-state index contributed by atoms with van der Waals surface area (Å²) in [6.45, 7) is 5.43. The highest BCUT2D eigenvalue weighted by Gasteiger charge is 2.34. The van der Waals surface area contributed by atoms with E-state index in [1.807, 2.05) is 6.07 Å². The van der Waals surface area contributed by atoms with E-state index in [1.165, 1.54) is 31.5 Å². The third-order valence-electron chi connectivity index (χ3n) is 4.18. The normalized spacial score (nSPS) is 38.8. The molecule has 2 nitrogen and oxygen atoms in total. The third kappa shape index (κ3) is 2.38. The Bertz CT molecular complexity index is 400. The number of nitrogens with one attached hydrogen (secondary N) is 1. The Morgan fingerprint density at radius 3 is 2.59 bits per heavy atom. The average molecular weight is 231 g/mol. The van der Waals surface area contributed by atoms with Crippen molar-refractivity contribution in [2.24, 2.45) is 5.92 Å². The number of hydrogen-bond donors (Lipinski definition) is 1. The van der Waals surface area contributed by atoms with Crippen LogP contribution in [0.5, 0.6) is 0 Å². The zero-order chi connectivity index (χ0) is 12.6. The Labute approximate surface area is 105 Å². The van der Waals surface area contributed by atoms with E-state index in [0.717, 1.165) is 6.54 Å². The lowest BCUT2D eigenvalue weighted by Crippen LogP contribution is -2.56. The predicted molar refractivity (Wildman–Crippen MR) is 70.9 cm³/mol. The smallest absolute Gasteiger partial charge is 0.0481 e. The van der Waals surface area contributed by atoms with E-state index in [-0.39, 0.29) is 6.04 Å². The van der Waals surface area contributed by atoms with Gasteiger partial charge in [0.05, 0.1) is 0 Å². The lowest BCUT2D eigenvalue weighted by atomic mass is 9.83. The molecule has 0 amide bonds. The molecule has 2 atom stereocenters. The molecule has 17 heavy (non-hydrogen) atoms. The average Bonchev–Trinajstić information content (AvgIpc) is 2.40. The molecule has 0 aromatic heterocycles. The Morgan fingerprint density at radius 2 is 2.00 bits per heavy atom. The Balaban J connectivity index is 1.72. The van der Waals surface area contributed by atoms with Crippen molar-refractivity contribution >= 4 is 0 Å². The molecular weight excluding hydrogens is 208 g/mol. The highest BCUT2D eigenvalue weighted by molar-refractivity contribution is 5.18. The summed E-state index contributed by atoms with van der Waals surface area (Å²) in [5.74, 6) is 0.522. The molecule has 0 unspecified atom stereocenters. The number of nitrogens with zero attached hydrogens (tertiary/aromatic N) is 1. The number of piperidine rings is 3. The fraction of sp³-hybridized carbons (Fsp3) is 0.600. The first kappa shape index (κ1) is 10.1. The van der Waals surface area contributed by atoms with Crippen molar-refractivity contribution in [3.63, 3.8) is 0 Å². The van der Waals surface area contributed by atoms with Crippen LogP contribution in [0.4, 0.5) is 0 Å². The van der Waals surface area contributed by atoms with Gasteiger partial charge < -0.3 is 10.2 Å². The second-order valence-corrected chi connectivity index (χ2v) is 5.35. The molecule has 92 valence electrons. The molecule has 0 saturated carbocycles. The Hall–Kier alpha value is -0.860. The van der Waals surface area contributed by atoms with Crippen LogP contribution in [0, 0.1) is 5.92 Å². The van der Waals surface area contributed by atoms with Gasteiger partial charge in [0.25, 0.3) is 0 Å². The fourth-order valence-electron chi connectivity index (χ4n) is 3.08. The van der Waals surface area contributed by atoms with Gasteiger partial charge in [-0.2, -0.15) is 0 Å². The van der Waals surface area contributed by atoms with Crippen LogP contribution in [-0.2, 0) is 0 Å². The molecular formula is C15H22N2. The standard InChI is InChI=1S/C15H22N2/c1-12(13-5-3-2-4-6-13)16-15-11-17-9-7-14(15)8-10-17/h2-6,12,14-16H,7-11H2,1H3/t12-,15-/m1/s1/i15D. The van der Waals surface area contributed by atoms with Gasteiger partial charge in [0, 0.05) is 20.0 Å². The first-order valence-corrected chi connectivity index (χ1v) is 6.72. The summed E-state index contributed by atoms with van der Waals surface area (Å²) in [4.78, 5) is 2.43. The van der Waals surface area contributed by atoms with Crippen LogP contribution in [0.1, 0.15) is 32.7 Å². The largest absolute Gasteiger partial charge is 0.306 e. The maximum absolute atomic E-state index is 8.74. The molecule has 1 aromatic rings. The van der Waals surface area contributed by atoms with Gasteiger partial charge in [-0.05, 0) is 44.3 Å².